The predicted octanol–water partition coefficient (Wildman–Crippen LogP) is -0.938. The van der Waals surface area contributed by atoms with E-state index in [2.05, 4.69) is 20.3 Å². The van der Waals surface area contributed by atoms with Crippen LogP contribution in [-0.4, -0.2) is 67.3 Å². The van der Waals surface area contributed by atoms with Crippen LogP contribution in [0.1, 0.15) is 6.92 Å². The van der Waals surface area contributed by atoms with Crippen LogP contribution in [-0.2, 0) is 9.53 Å². The van der Waals surface area contributed by atoms with Gasteiger partial charge in [-0.15, -0.1) is 0 Å². The predicted molar refractivity (Wildman–Crippen MR) is 79.5 cm³/mol. The summed E-state index contributed by atoms with van der Waals surface area (Å²) in [6, 6.07) is 0. The third-order valence-electron chi connectivity index (χ3n) is 3.14. The monoisotopic (exact) mass is 295 g/mol. The second kappa shape index (κ2) is 7.02. The van der Waals surface area contributed by atoms with Crippen LogP contribution >= 0.6 is 0 Å². The van der Waals surface area contributed by atoms with Gasteiger partial charge in [-0.1, -0.05) is 0 Å². The van der Waals surface area contributed by atoms with Crippen molar-refractivity contribution in [3.63, 3.8) is 0 Å². The van der Waals surface area contributed by atoms with Crippen LogP contribution in [0.3, 0.4) is 0 Å². The summed E-state index contributed by atoms with van der Waals surface area (Å²) >= 11 is 0. The average Bonchev–Trinajstić information content (AvgIpc) is 2.52. The number of amides is 1. The van der Waals surface area contributed by atoms with Crippen LogP contribution in [0.25, 0.3) is 0 Å². The van der Waals surface area contributed by atoms with Crippen molar-refractivity contribution in [2.75, 3.05) is 61.6 Å². The number of rotatable bonds is 6. The Morgan fingerprint density at radius 3 is 2.67 bits per heavy atom. The van der Waals surface area contributed by atoms with Crippen LogP contribution in [0.15, 0.2) is 0 Å². The van der Waals surface area contributed by atoms with E-state index >= 15 is 0 Å². The number of carbonyl (C=O) groups excluding carboxylic acids is 1. The molecule has 9 heteroatoms. The number of carbonyl (C=O) groups is 1. The van der Waals surface area contributed by atoms with E-state index in [0.29, 0.717) is 37.6 Å². The fraction of sp³-hybridized carbons (Fsp3) is 0.667. The summed E-state index contributed by atoms with van der Waals surface area (Å²) in [5.74, 6) is 1.06. The van der Waals surface area contributed by atoms with E-state index in [4.69, 9.17) is 10.5 Å². The van der Waals surface area contributed by atoms with Crippen molar-refractivity contribution in [3.05, 3.63) is 0 Å². The molecule has 21 heavy (non-hydrogen) atoms. The maximum Gasteiger partial charge on any atom is 0.237 e. The molecule has 0 unspecified atom stereocenters. The molecule has 0 spiro atoms. The maximum absolute atomic E-state index is 11.1. The van der Waals surface area contributed by atoms with Gasteiger partial charge in [0, 0.05) is 26.7 Å². The average molecular weight is 295 g/mol. The van der Waals surface area contributed by atoms with Crippen molar-refractivity contribution in [1.82, 2.24) is 15.0 Å². The van der Waals surface area contributed by atoms with Gasteiger partial charge in [0.1, 0.15) is 0 Å². The number of nitrogens with zero attached hydrogens (tertiary/aromatic N) is 5. The van der Waals surface area contributed by atoms with E-state index in [1.54, 1.807) is 11.9 Å². The second-order valence-corrected chi connectivity index (χ2v) is 4.59. The summed E-state index contributed by atoms with van der Waals surface area (Å²) in [5, 5.41) is 2.92. The summed E-state index contributed by atoms with van der Waals surface area (Å²) < 4.78 is 5.33. The number of nitrogens with one attached hydrogen (secondary N) is 1. The van der Waals surface area contributed by atoms with Crippen molar-refractivity contribution in [2.24, 2.45) is 5.73 Å². The molecule has 1 amide bonds. The summed E-state index contributed by atoms with van der Waals surface area (Å²) in [7, 11) is 1.74. The van der Waals surface area contributed by atoms with E-state index in [0.717, 1.165) is 13.1 Å². The number of ether oxygens (including phenoxy) is 1. The van der Waals surface area contributed by atoms with Crippen molar-refractivity contribution in [1.29, 1.82) is 0 Å². The number of primary amides is 1. The SMILES string of the molecule is CCN(CC(N)=O)c1nc(NC)nc(N2CCOCC2)n1. The molecule has 2 rings (SSSR count). The first-order valence-electron chi connectivity index (χ1n) is 6.93. The molecule has 1 aromatic heterocycles. The Labute approximate surface area is 123 Å². The summed E-state index contributed by atoms with van der Waals surface area (Å²) in [5.41, 5.74) is 5.26. The normalized spacial score (nSPS) is 14.9. The first-order valence-corrected chi connectivity index (χ1v) is 6.93. The van der Waals surface area contributed by atoms with Gasteiger partial charge in [-0.2, -0.15) is 15.0 Å². The lowest BCUT2D eigenvalue weighted by Gasteiger charge is -2.28. The third-order valence-corrected chi connectivity index (χ3v) is 3.14. The summed E-state index contributed by atoms with van der Waals surface area (Å²) in [4.78, 5) is 28.0. The lowest BCUT2D eigenvalue weighted by molar-refractivity contribution is -0.116. The molecule has 0 bridgehead atoms. The van der Waals surface area contributed by atoms with Gasteiger partial charge in [0.05, 0.1) is 19.8 Å². The van der Waals surface area contributed by atoms with Crippen LogP contribution in [0.4, 0.5) is 17.8 Å². The molecule has 116 valence electrons. The number of likely N-dealkylation sites (N-methyl/N-ethyl adjacent to an activating group) is 1. The van der Waals surface area contributed by atoms with Gasteiger partial charge in [0.25, 0.3) is 0 Å². The minimum Gasteiger partial charge on any atom is -0.378 e. The maximum atomic E-state index is 11.1. The fourth-order valence-electron chi connectivity index (χ4n) is 2.02. The van der Waals surface area contributed by atoms with Crippen LogP contribution in [0.5, 0.6) is 0 Å². The number of morpholine rings is 1. The highest BCUT2D eigenvalue weighted by Gasteiger charge is 2.19. The second-order valence-electron chi connectivity index (χ2n) is 4.59. The standard InChI is InChI=1S/C12H21N7O2/c1-3-18(8-9(13)20)11-15-10(14-2)16-12(17-11)19-4-6-21-7-5-19/h3-8H2,1-2H3,(H2,13,20)(H,14,15,16,17). The first-order chi connectivity index (χ1) is 10.1. The highest BCUT2D eigenvalue weighted by atomic mass is 16.5. The van der Waals surface area contributed by atoms with Crippen molar-refractivity contribution in [3.8, 4) is 0 Å². The molecule has 3 N–H and O–H groups in total. The van der Waals surface area contributed by atoms with E-state index < -0.39 is 5.91 Å². The minimum absolute atomic E-state index is 0.0756. The summed E-state index contributed by atoms with van der Waals surface area (Å²) in [6.45, 7) is 5.33. The zero-order valence-electron chi connectivity index (χ0n) is 12.4. The number of hydrogen-bond donors (Lipinski definition) is 2. The zero-order chi connectivity index (χ0) is 15.2. The molecule has 9 nitrogen and oxygen atoms in total. The molecule has 0 saturated carbocycles. The number of hydrogen-bond acceptors (Lipinski definition) is 8. The molecule has 0 aromatic carbocycles. The van der Waals surface area contributed by atoms with Gasteiger partial charge >= 0.3 is 0 Å². The van der Waals surface area contributed by atoms with Crippen molar-refractivity contribution >= 4 is 23.8 Å². The van der Waals surface area contributed by atoms with E-state index in [9.17, 15) is 4.79 Å². The highest BCUT2D eigenvalue weighted by Crippen LogP contribution is 2.17. The Kier molecular flexibility index (Phi) is 5.09. The van der Waals surface area contributed by atoms with Gasteiger partial charge in [0.15, 0.2) is 0 Å². The Bertz CT molecular complexity index is 490. The van der Waals surface area contributed by atoms with E-state index in [1.807, 2.05) is 11.8 Å². The molecule has 1 aliphatic rings. The van der Waals surface area contributed by atoms with E-state index in [-0.39, 0.29) is 6.54 Å². The molecular weight excluding hydrogens is 274 g/mol. The van der Waals surface area contributed by atoms with Gasteiger partial charge in [0.2, 0.25) is 23.8 Å². The third kappa shape index (κ3) is 3.91. The lowest BCUT2D eigenvalue weighted by atomic mass is 10.4. The largest absolute Gasteiger partial charge is 0.378 e. The van der Waals surface area contributed by atoms with Crippen molar-refractivity contribution in [2.45, 2.75) is 6.92 Å². The molecular formula is C12H21N7O2. The van der Waals surface area contributed by atoms with E-state index in [1.165, 1.54) is 0 Å². The Morgan fingerprint density at radius 2 is 2.10 bits per heavy atom. The Hall–Kier alpha value is -2.16. The zero-order valence-corrected chi connectivity index (χ0v) is 12.4. The van der Waals surface area contributed by atoms with Crippen molar-refractivity contribution < 1.29 is 9.53 Å². The van der Waals surface area contributed by atoms with Crippen LogP contribution in [0, 0.1) is 0 Å². The number of aromatic nitrogens is 3. The van der Waals surface area contributed by atoms with Gasteiger partial charge in [-0.3, -0.25) is 4.79 Å². The van der Waals surface area contributed by atoms with Gasteiger partial charge in [-0.25, -0.2) is 0 Å². The Balaban J connectivity index is 2.29. The van der Waals surface area contributed by atoms with Crippen LogP contribution < -0.4 is 20.9 Å². The number of anilines is 3. The molecule has 1 fully saturated rings. The molecule has 1 aliphatic heterocycles. The Morgan fingerprint density at radius 1 is 1.38 bits per heavy atom. The molecule has 1 saturated heterocycles. The van der Waals surface area contributed by atoms with Gasteiger partial charge in [-0.05, 0) is 6.92 Å². The smallest absolute Gasteiger partial charge is 0.237 e. The first kappa shape index (κ1) is 15.2. The molecule has 1 aromatic rings. The molecule has 2 heterocycles. The number of nitrogens with two attached hydrogens (primary N) is 1. The minimum atomic E-state index is -0.420. The van der Waals surface area contributed by atoms with Crippen LogP contribution in [0.2, 0.25) is 0 Å². The summed E-state index contributed by atoms with van der Waals surface area (Å²) in [6.07, 6.45) is 0. The molecule has 0 aliphatic carbocycles. The fourth-order valence-corrected chi connectivity index (χ4v) is 2.02. The molecule has 0 atom stereocenters. The lowest BCUT2D eigenvalue weighted by Crippen LogP contribution is -2.39. The highest BCUT2D eigenvalue weighted by molar-refractivity contribution is 5.78. The van der Waals surface area contributed by atoms with Gasteiger partial charge < -0.3 is 25.6 Å². The topological polar surface area (TPSA) is 110 Å². The quantitative estimate of drug-likeness (QED) is 0.692. The molecule has 0 radical (unpaired) electrons.